The fourth-order valence-electron chi connectivity index (χ4n) is 2.23. The lowest BCUT2D eigenvalue weighted by Crippen LogP contribution is -2.45. The van der Waals surface area contributed by atoms with Gasteiger partial charge in [-0.05, 0) is 37.3 Å². The van der Waals surface area contributed by atoms with Crippen LogP contribution in [0.15, 0.2) is 42.5 Å². The van der Waals surface area contributed by atoms with Crippen molar-refractivity contribution in [3.8, 4) is 0 Å². The lowest BCUT2D eigenvalue weighted by Gasteiger charge is -2.28. The van der Waals surface area contributed by atoms with Gasteiger partial charge in [0.1, 0.15) is 11.9 Å². The maximum atomic E-state index is 14.0. The molecule has 0 saturated heterocycles. The maximum Gasteiger partial charge on any atom is 0.247 e. The highest BCUT2D eigenvalue weighted by Gasteiger charge is 2.31. The molecule has 25 heavy (non-hydrogen) atoms. The van der Waals surface area contributed by atoms with Crippen molar-refractivity contribution in [2.24, 2.45) is 0 Å². The summed E-state index contributed by atoms with van der Waals surface area (Å²) in [5.74, 6) is -1.39. The Morgan fingerprint density at radius 1 is 1.16 bits per heavy atom. The summed E-state index contributed by atoms with van der Waals surface area (Å²) in [5.41, 5.74) is 0.134. The van der Waals surface area contributed by atoms with Gasteiger partial charge in [0.25, 0.3) is 0 Å². The van der Waals surface area contributed by atoms with Crippen molar-refractivity contribution < 1.29 is 17.6 Å². The molecule has 1 unspecified atom stereocenters. The minimum absolute atomic E-state index is 0.207. The number of benzene rings is 2. The summed E-state index contributed by atoms with van der Waals surface area (Å²) < 4.78 is 39.0. The zero-order valence-electron chi connectivity index (χ0n) is 13.3. The minimum atomic E-state index is -3.91. The van der Waals surface area contributed by atoms with Crippen LogP contribution in [0.5, 0.6) is 0 Å². The maximum absolute atomic E-state index is 14.0. The number of carbonyl (C=O) groups is 1. The number of anilines is 2. The van der Waals surface area contributed by atoms with Crippen LogP contribution in [0.3, 0.4) is 0 Å². The lowest BCUT2D eigenvalue weighted by molar-refractivity contribution is -0.116. The second kappa shape index (κ2) is 7.59. The number of nitrogens with one attached hydrogen (secondary N) is 1. The number of halogens is 3. The van der Waals surface area contributed by atoms with Gasteiger partial charge in [0.15, 0.2) is 0 Å². The van der Waals surface area contributed by atoms with Gasteiger partial charge in [-0.25, -0.2) is 12.8 Å². The van der Waals surface area contributed by atoms with Gasteiger partial charge in [-0.3, -0.25) is 9.10 Å². The van der Waals surface area contributed by atoms with E-state index >= 15 is 0 Å². The molecule has 2 rings (SSSR count). The Kier molecular flexibility index (Phi) is 5.92. The highest BCUT2D eigenvalue weighted by molar-refractivity contribution is 7.92. The number of hydrogen-bond donors (Lipinski definition) is 1. The molecule has 0 aliphatic heterocycles. The fourth-order valence-corrected chi connectivity index (χ4v) is 3.71. The number of carbonyl (C=O) groups excluding carboxylic acids is 1. The predicted molar refractivity (Wildman–Crippen MR) is 98.3 cm³/mol. The molecule has 0 radical (unpaired) electrons. The number of nitrogens with zero attached hydrogens (tertiary/aromatic N) is 1. The molecule has 0 aromatic heterocycles. The molecule has 2 aromatic carbocycles. The van der Waals surface area contributed by atoms with Gasteiger partial charge in [-0.15, -0.1) is 0 Å². The Bertz CT molecular complexity index is 906. The van der Waals surface area contributed by atoms with Gasteiger partial charge in [0, 0.05) is 5.69 Å². The topological polar surface area (TPSA) is 66.5 Å². The quantitative estimate of drug-likeness (QED) is 0.820. The molecule has 1 amide bonds. The molecular formula is C16H15Cl2FN2O3S. The summed E-state index contributed by atoms with van der Waals surface area (Å²) in [6.07, 6.45) is 0.905. The molecule has 9 heteroatoms. The Morgan fingerprint density at radius 3 is 2.36 bits per heavy atom. The van der Waals surface area contributed by atoms with E-state index < -0.39 is 27.8 Å². The van der Waals surface area contributed by atoms with E-state index in [0.717, 1.165) is 16.6 Å². The average molecular weight is 405 g/mol. The summed E-state index contributed by atoms with van der Waals surface area (Å²) in [4.78, 5) is 12.5. The highest BCUT2D eigenvalue weighted by Crippen LogP contribution is 2.27. The first-order chi connectivity index (χ1) is 11.6. The van der Waals surface area contributed by atoms with Crippen LogP contribution in [-0.2, 0) is 14.8 Å². The third kappa shape index (κ3) is 4.62. The molecule has 1 N–H and O–H groups in total. The van der Waals surface area contributed by atoms with Gasteiger partial charge in [-0.2, -0.15) is 0 Å². The van der Waals surface area contributed by atoms with Crippen molar-refractivity contribution in [1.29, 1.82) is 0 Å². The molecule has 0 heterocycles. The van der Waals surface area contributed by atoms with Crippen LogP contribution in [0.4, 0.5) is 15.8 Å². The third-order valence-corrected chi connectivity index (χ3v) is 5.33. The summed E-state index contributed by atoms with van der Waals surface area (Å²) in [6.45, 7) is 1.36. The molecular weight excluding hydrogens is 390 g/mol. The van der Waals surface area contributed by atoms with E-state index in [0.29, 0.717) is 10.7 Å². The number of amides is 1. The van der Waals surface area contributed by atoms with Gasteiger partial charge in [0.05, 0.1) is 22.0 Å². The number of rotatable bonds is 5. The normalized spacial score (nSPS) is 12.5. The first kappa shape index (κ1) is 19.5. The molecule has 0 aliphatic carbocycles. The average Bonchev–Trinajstić information content (AvgIpc) is 2.51. The van der Waals surface area contributed by atoms with Crippen molar-refractivity contribution in [3.05, 3.63) is 58.3 Å². The molecule has 0 saturated carbocycles. The fraction of sp³-hybridized carbons (Fsp3) is 0.188. The SMILES string of the molecule is CC(C(=O)Nc1ccc(Cl)c(Cl)c1)N(c1ccccc1F)S(C)(=O)=O. The monoisotopic (exact) mass is 404 g/mol. The van der Waals surface area contributed by atoms with E-state index in [-0.39, 0.29) is 10.7 Å². The summed E-state index contributed by atoms with van der Waals surface area (Å²) in [6, 6.07) is 8.59. The second-order valence-electron chi connectivity index (χ2n) is 5.30. The van der Waals surface area contributed by atoms with Crippen molar-refractivity contribution >= 4 is 50.5 Å². The summed E-state index contributed by atoms with van der Waals surface area (Å²) in [5, 5.41) is 3.09. The van der Waals surface area contributed by atoms with Crippen LogP contribution in [0.2, 0.25) is 10.0 Å². The van der Waals surface area contributed by atoms with Crippen LogP contribution in [0.25, 0.3) is 0 Å². The number of sulfonamides is 1. The Balaban J connectivity index is 2.33. The van der Waals surface area contributed by atoms with E-state index in [1.165, 1.54) is 43.3 Å². The molecule has 0 aliphatic rings. The van der Waals surface area contributed by atoms with Crippen LogP contribution >= 0.6 is 23.2 Å². The molecule has 5 nitrogen and oxygen atoms in total. The molecule has 0 bridgehead atoms. The third-order valence-electron chi connectivity index (χ3n) is 3.37. The van der Waals surface area contributed by atoms with Crippen molar-refractivity contribution in [2.45, 2.75) is 13.0 Å². The van der Waals surface area contributed by atoms with Crippen LogP contribution in [-0.4, -0.2) is 26.6 Å². The summed E-state index contributed by atoms with van der Waals surface area (Å²) in [7, 11) is -3.91. The molecule has 0 spiro atoms. The molecule has 134 valence electrons. The zero-order valence-corrected chi connectivity index (χ0v) is 15.7. The molecule has 1 atom stereocenters. The Morgan fingerprint density at radius 2 is 1.80 bits per heavy atom. The van der Waals surface area contributed by atoms with Crippen LogP contribution < -0.4 is 9.62 Å². The van der Waals surface area contributed by atoms with E-state index in [1.807, 2.05) is 0 Å². The first-order valence-electron chi connectivity index (χ1n) is 7.11. The first-order valence-corrected chi connectivity index (χ1v) is 9.71. The number of hydrogen-bond acceptors (Lipinski definition) is 3. The van der Waals surface area contributed by atoms with Gasteiger partial charge in [-0.1, -0.05) is 35.3 Å². The van der Waals surface area contributed by atoms with E-state index in [9.17, 15) is 17.6 Å². The van der Waals surface area contributed by atoms with E-state index in [1.54, 1.807) is 0 Å². The standard InChI is InChI=1S/C16H15Cl2FN2O3S/c1-10(16(22)20-11-7-8-12(17)13(18)9-11)21(25(2,23)24)15-6-4-3-5-14(15)19/h3-10H,1-2H3,(H,20,22). The second-order valence-corrected chi connectivity index (χ2v) is 7.98. The van der Waals surface area contributed by atoms with Crippen molar-refractivity contribution in [1.82, 2.24) is 0 Å². The molecule has 2 aromatic rings. The Hall–Kier alpha value is -1.83. The summed E-state index contributed by atoms with van der Waals surface area (Å²) >= 11 is 11.7. The van der Waals surface area contributed by atoms with Gasteiger partial charge in [0.2, 0.25) is 15.9 Å². The zero-order chi connectivity index (χ0) is 18.8. The van der Waals surface area contributed by atoms with E-state index in [2.05, 4.69) is 5.32 Å². The van der Waals surface area contributed by atoms with Crippen molar-refractivity contribution in [3.63, 3.8) is 0 Å². The Labute approximate surface area is 155 Å². The van der Waals surface area contributed by atoms with Crippen molar-refractivity contribution in [2.75, 3.05) is 15.9 Å². The largest absolute Gasteiger partial charge is 0.324 e. The van der Waals surface area contributed by atoms with Gasteiger partial charge < -0.3 is 5.32 Å². The van der Waals surface area contributed by atoms with Gasteiger partial charge >= 0.3 is 0 Å². The minimum Gasteiger partial charge on any atom is -0.324 e. The molecule has 0 fully saturated rings. The van der Waals surface area contributed by atoms with Crippen LogP contribution in [0, 0.1) is 5.82 Å². The van der Waals surface area contributed by atoms with Crippen LogP contribution in [0.1, 0.15) is 6.92 Å². The lowest BCUT2D eigenvalue weighted by atomic mass is 10.2. The number of para-hydroxylation sites is 1. The highest BCUT2D eigenvalue weighted by atomic mass is 35.5. The smallest absolute Gasteiger partial charge is 0.247 e. The van der Waals surface area contributed by atoms with E-state index in [4.69, 9.17) is 23.2 Å². The predicted octanol–water partition coefficient (Wildman–Crippen LogP) is 3.93.